The number of benzene rings is 2. The quantitative estimate of drug-likeness (QED) is 0.374. The maximum atomic E-state index is 11.8. The highest BCUT2D eigenvalue weighted by Gasteiger charge is 2.04. The summed E-state index contributed by atoms with van der Waals surface area (Å²) >= 11 is 2.15. The predicted octanol–water partition coefficient (Wildman–Crippen LogP) is 2.96. The molecule has 0 radical (unpaired) electrons. The molecule has 6 nitrogen and oxygen atoms in total. The number of hydrogen-bond acceptors (Lipinski definition) is 4. The maximum absolute atomic E-state index is 11.8. The molecule has 1 N–H and O–H groups in total. The number of halogens is 1. The molecule has 2 aromatic rings. The van der Waals surface area contributed by atoms with E-state index in [9.17, 15) is 14.9 Å². The largest absolute Gasteiger partial charge is 0.271 e. The fraction of sp³-hybridized carbons (Fsp3) is 0. The normalized spacial score (nSPS) is 10.5. The van der Waals surface area contributed by atoms with E-state index in [-0.39, 0.29) is 11.6 Å². The second kappa shape index (κ2) is 6.93. The number of carbonyl (C=O) groups is 1. The third-order valence-corrected chi connectivity index (χ3v) is 3.31. The average Bonchev–Trinajstić information content (AvgIpc) is 2.48. The van der Waals surface area contributed by atoms with Crippen molar-refractivity contribution in [2.75, 3.05) is 0 Å². The first-order valence-electron chi connectivity index (χ1n) is 5.90. The topological polar surface area (TPSA) is 84.6 Å². The van der Waals surface area contributed by atoms with Gasteiger partial charge in [-0.1, -0.05) is 0 Å². The van der Waals surface area contributed by atoms with Crippen LogP contribution in [0.25, 0.3) is 0 Å². The lowest BCUT2D eigenvalue weighted by molar-refractivity contribution is -0.384. The van der Waals surface area contributed by atoms with E-state index in [0.29, 0.717) is 11.1 Å². The van der Waals surface area contributed by atoms with Crippen molar-refractivity contribution >= 4 is 40.4 Å². The van der Waals surface area contributed by atoms with Crippen LogP contribution in [0.3, 0.4) is 0 Å². The van der Waals surface area contributed by atoms with E-state index in [2.05, 4.69) is 33.1 Å². The molecule has 0 aliphatic rings. The smallest absolute Gasteiger partial charge is 0.267 e. The highest BCUT2D eigenvalue weighted by atomic mass is 127. The van der Waals surface area contributed by atoms with Gasteiger partial charge < -0.3 is 0 Å². The molecule has 2 rings (SSSR count). The van der Waals surface area contributed by atoms with Gasteiger partial charge in [0, 0.05) is 21.3 Å². The molecule has 0 unspecified atom stereocenters. The lowest BCUT2D eigenvalue weighted by atomic mass is 10.2. The molecule has 0 atom stereocenters. The Hall–Kier alpha value is -2.29. The maximum Gasteiger partial charge on any atom is 0.271 e. The lowest BCUT2D eigenvalue weighted by Gasteiger charge is -1.99. The van der Waals surface area contributed by atoms with Crippen LogP contribution in [-0.2, 0) is 0 Å². The zero-order valence-corrected chi connectivity index (χ0v) is 12.9. The van der Waals surface area contributed by atoms with Gasteiger partial charge in [0.15, 0.2) is 0 Å². The molecule has 0 aliphatic heterocycles. The number of hydrazone groups is 1. The van der Waals surface area contributed by atoms with Gasteiger partial charge in [0.25, 0.3) is 11.6 Å². The third kappa shape index (κ3) is 4.35. The standard InChI is InChI=1S/C14H10IN3O3/c15-12-5-3-11(4-6-12)14(19)17-16-9-10-1-7-13(8-2-10)18(20)21/h1-9H,(H,17,19)/b16-9-. The molecule has 7 heteroatoms. The summed E-state index contributed by atoms with van der Waals surface area (Å²) in [6.45, 7) is 0. The van der Waals surface area contributed by atoms with E-state index in [1.165, 1.54) is 18.3 Å². The number of carbonyl (C=O) groups excluding carboxylic acids is 1. The Morgan fingerprint density at radius 1 is 1.14 bits per heavy atom. The predicted molar refractivity (Wildman–Crippen MR) is 87.3 cm³/mol. The molecule has 0 bridgehead atoms. The molecular weight excluding hydrogens is 385 g/mol. The number of non-ortho nitro benzene ring substituents is 1. The highest BCUT2D eigenvalue weighted by Crippen LogP contribution is 2.10. The number of nitrogens with one attached hydrogen (secondary N) is 1. The number of nitrogens with zero attached hydrogens (tertiary/aromatic N) is 2. The van der Waals surface area contributed by atoms with Crippen LogP contribution >= 0.6 is 22.6 Å². The van der Waals surface area contributed by atoms with E-state index < -0.39 is 4.92 Å². The summed E-state index contributed by atoms with van der Waals surface area (Å²) in [6, 6.07) is 12.9. The average molecular weight is 395 g/mol. The Kier molecular flexibility index (Phi) is 4.99. The fourth-order valence-corrected chi connectivity index (χ4v) is 1.87. The summed E-state index contributed by atoms with van der Waals surface area (Å²) in [7, 11) is 0. The number of hydrogen-bond donors (Lipinski definition) is 1. The van der Waals surface area contributed by atoms with Crippen molar-refractivity contribution in [3.8, 4) is 0 Å². The van der Waals surface area contributed by atoms with Crippen molar-refractivity contribution in [1.29, 1.82) is 0 Å². The zero-order chi connectivity index (χ0) is 15.2. The first kappa shape index (κ1) is 15.1. The number of nitro benzene ring substituents is 1. The zero-order valence-electron chi connectivity index (χ0n) is 10.7. The third-order valence-electron chi connectivity index (χ3n) is 2.59. The van der Waals surface area contributed by atoms with E-state index in [1.54, 1.807) is 24.3 Å². The Labute approximate surface area is 134 Å². The van der Waals surface area contributed by atoms with E-state index in [4.69, 9.17) is 0 Å². The number of amides is 1. The Morgan fingerprint density at radius 2 is 1.76 bits per heavy atom. The Morgan fingerprint density at radius 3 is 2.33 bits per heavy atom. The van der Waals surface area contributed by atoms with Gasteiger partial charge in [-0.25, -0.2) is 5.43 Å². The van der Waals surface area contributed by atoms with Gasteiger partial charge in [0.1, 0.15) is 0 Å². The van der Waals surface area contributed by atoms with Crippen molar-refractivity contribution < 1.29 is 9.72 Å². The van der Waals surface area contributed by atoms with Crippen LogP contribution < -0.4 is 5.43 Å². The first-order valence-corrected chi connectivity index (χ1v) is 6.97. The summed E-state index contributed by atoms with van der Waals surface area (Å²) in [5, 5.41) is 14.3. The molecule has 0 fully saturated rings. The van der Waals surface area contributed by atoms with E-state index in [1.807, 2.05) is 12.1 Å². The molecule has 106 valence electrons. The fourth-order valence-electron chi connectivity index (χ4n) is 1.51. The summed E-state index contributed by atoms with van der Waals surface area (Å²) in [5.41, 5.74) is 3.57. The Bertz CT molecular complexity index is 682. The van der Waals surface area contributed by atoms with Crippen LogP contribution in [-0.4, -0.2) is 17.0 Å². The van der Waals surface area contributed by atoms with Crippen molar-refractivity contribution in [1.82, 2.24) is 5.43 Å². The van der Waals surface area contributed by atoms with Crippen molar-refractivity contribution in [3.63, 3.8) is 0 Å². The number of nitro groups is 1. The van der Waals surface area contributed by atoms with Gasteiger partial charge in [-0.15, -0.1) is 0 Å². The van der Waals surface area contributed by atoms with Crippen LogP contribution in [0.1, 0.15) is 15.9 Å². The molecule has 0 heterocycles. The van der Waals surface area contributed by atoms with Crippen LogP contribution in [0.2, 0.25) is 0 Å². The van der Waals surface area contributed by atoms with E-state index >= 15 is 0 Å². The van der Waals surface area contributed by atoms with E-state index in [0.717, 1.165) is 3.57 Å². The molecule has 1 amide bonds. The number of rotatable bonds is 4. The van der Waals surface area contributed by atoms with Crippen molar-refractivity contribution in [2.24, 2.45) is 5.10 Å². The first-order chi connectivity index (χ1) is 10.1. The van der Waals surface area contributed by atoms with Gasteiger partial charge in [0.05, 0.1) is 11.1 Å². The monoisotopic (exact) mass is 395 g/mol. The van der Waals surface area contributed by atoms with Crippen molar-refractivity contribution in [3.05, 3.63) is 73.3 Å². The molecular formula is C14H10IN3O3. The minimum absolute atomic E-state index is 0.00933. The van der Waals surface area contributed by atoms with Gasteiger partial charge in [-0.3, -0.25) is 14.9 Å². The molecule has 0 aromatic heterocycles. The molecule has 0 saturated carbocycles. The summed E-state index contributed by atoms with van der Waals surface area (Å²) in [4.78, 5) is 21.8. The second-order valence-corrected chi connectivity index (χ2v) is 5.30. The second-order valence-electron chi connectivity index (χ2n) is 4.05. The van der Waals surface area contributed by atoms with Crippen LogP contribution in [0.15, 0.2) is 53.6 Å². The van der Waals surface area contributed by atoms with Gasteiger partial charge in [-0.05, 0) is 64.6 Å². The van der Waals surface area contributed by atoms with Crippen LogP contribution in [0, 0.1) is 13.7 Å². The minimum atomic E-state index is -0.473. The molecule has 21 heavy (non-hydrogen) atoms. The van der Waals surface area contributed by atoms with Crippen molar-refractivity contribution in [2.45, 2.75) is 0 Å². The van der Waals surface area contributed by atoms with Gasteiger partial charge in [0.2, 0.25) is 0 Å². The molecule has 0 spiro atoms. The molecule has 0 saturated heterocycles. The highest BCUT2D eigenvalue weighted by molar-refractivity contribution is 14.1. The lowest BCUT2D eigenvalue weighted by Crippen LogP contribution is -2.17. The minimum Gasteiger partial charge on any atom is -0.267 e. The Balaban J connectivity index is 1.97. The van der Waals surface area contributed by atoms with Gasteiger partial charge in [-0.2, -0.15) is 5.10 Å². The molecule has 0 aliphatic carbocycles. The van der Waals surface area contributed by atoms with Crippen LogP contribution in [0.4, 0.5) is 5.69 Å². The van der Waals surface area contributed by atoms with Crippen LogP contribution in [0.5, 0.6) is 0 Å². The summed E-state index contributed by atoms with van der Waals surface area (Å²) < 4.78 is 1.04. The molecule has 2 aromatic carbocycles. The summed E-state index contributed by atoms with van der Waals surface area (Å²) in [6.07, 6.45) is 1.42. The van der Waals surface area contributed by atoms with Gasteiger partial charge >= 0.3 is 0 Å². The SMILES string of the molecule is O=C(N/N=C\c1ccc([N+](=O)[O-])cc1)c1ccc(I)cc1. The summed E-state index contributed by atoms with van der Waals surface area (Å²) in [5.74, 6) is -0.315.